The third-order valence-corrected chi connectivity index (χ3v) is 9.08. The molecule has 3 saturated heterocycles. The van der Waals surface area contributed by atoms with Crippen LogP contribution in [0.25, 0.3) is 0 Å². The Kier molecular flexibility index (Phi) is 12.7. The molecule has 4 aliphatic rings. The van der Waals surface area contributed by atoms with Crippen LogP contribution in [0.2, 0.25) is 0 Å². The average Bonchev–Trinajstić information content (AvgIpc) is 3.03. The van der Waals surface area contributed by atoms with Crippen molar-refractivity contribution in [1.29, 1.82) is 0 Å². The van der Waals surface area contributed by atoms with Gasteiger partial charge < -0.3 is 89.9 Å². The molecule has 3 heterocycles. The normalized spacial score (nSPS) is 51.2. The van der Waals surface area contributed by atoms with Gasteiger partial charge in [-0.1, -0.05) is 13.0 Å². The van der Waals surface area contributed by atoms with Crippen molar-refractivity contribution < 1.29 is 84.6 Å². The van der Waals surface area contributed by atoms with Gasteiger partial charge in [0.05, 0.1) is 50.2 Å². The lowest BCUT2D eigenvalue weighted by Gasteiger charge is -2.48. The first-order valence-electron chi connectivity index (χ1n) is 14.8. The monoisotopic (exact) mass is 657 g/mol. The molecule has 19 atom stereocenters. The van der Waals surface area contributed by atoms with Gasteiger partial charge in [-0.05, 0) is 12.5 Å². The van der Waals surface area contributed by atoms with Gasteiger partial charge in [0.1, 0.15) is 61.0 Å². The molecular formula is C27H47NO17. The number of aliphatic hydroxyl groups is 11. The maximum absolute atomic E-state index is 11.0. The van der Waals surface area contributed by atoms with Crippen LogP contribution < -0.4 is 5.32 Å². The number of methoxy groups -OCH3 is 1. The van der Waals surface area contributed by atoms with Gasteiger partial charge in [0.2, 0.25) is 0 Å². The molecule has 0 bridgehead atoms. The molecule has 18 nitrogen and oxygen atoms in total. The van der Waals surface area contributed by atoms with Gasteiger partial charge in [-0.2, -0.15) is 0 Å². The van der Waals surface area contributed by atoms with Crippen LogP contribution in [0.1, 0.15) is 13.8 Å². The summed E-state index contributed by atoms with van der Waals surface area (Å²) >= 11 is 0. The third kappa shape index (κ3) is 7.38. The van der Waals surface area contributed by atoms with E-state index in [0.29, 0.717) is 5.57 Å². The Morgan fingerprint density at radius 2 is 1.13 bits per heavy atom. The maximum Gasteiger partial charge on any atom is 0.187 e. The minimum Gasteiger partial charge on any atom is -0.394 e. The highest BCUT2D eigenvalue weighted by Gasteiger charge is 2.53. The Labute approximate surface area is 258 Å². The van der Waals surface area contributed by atoms with Crippen molar-refractivity contribution in [2.45, 2.75) is 124 Å². The average molecular weight is 658 g/mol. The molecule has 3 aliphatic heterocycles. The van der Waals surface area contributed by atoms with E-state index in [2.05, 4.69) is 5.32 Å². The van der Waals surface area contributed by atoms with E-state index in [4.69, 9.17) is 28.4 Å². The Morgan fingerprint density at radius 1 is 0.644 bits per heavy atom. The molecule has 12 N–H and O–H groups in total. The van der Waals surface area contributed by atoms with E-state index in [1.165, 1.54) is 20.1 Å². The third-order valence-electron chi connectivity index (χ3n) is 9.08. The second kappa shape index (κ2) is 15.5. The Balaban J connectivity index is 1.42. The number of nitrogens with one attached hydrogen (secondary N) is 1. The van der Waals surface area contributed by atoms with Crippen LogP contribution in [0.3, 0.4) is 0 Å². The summed E-state index contributed by atoms with van der Waals surface area (Å²) in [5, 5.41) is 118. The summed E-state index contributed by atoms with van der Waals surface area (Å²) in [6.45, 7) is 1.35. The van der Waals surface area contributed by atoms with Gasteiger partial charge in [0, 0.05) is 13.0 Å². The molecule has 1 aliphatic carbocycles. The molecule has 0 aromatic heterocycles. The zero-order valence-electron chi connectivity index (χ0n) is 25.0. The zero-order chi connectivity index (χ0) is 33.3. The Morgan fingerprint density at radius 3 is 1.64 bits per heavy atom. The second-order valence-electron chi connectivity index (χ2n) is 11.9. The maximum atomic E-state index is 11.0. The van der Waals surface area contributed by atoms with Crippen LogP contribution in [0, 0.1) is 5.92 Å². The SMILES string of the molecule is COC1OC(CO)C(OC2O[C@H](CO)C(OC3OC(C)[C@@H](N[C@H]4C=C(CO)C(C)[C@H](O)C4O)C(O)[C@H]3O)[C@H](O)C2O)C(O)[C@H]1O. The lowest BCUT2D eigenvalue weighted by atomic mass is 9.81. The van der Waals surface area contributed by atoms with Crippen LogP contribution in [0.5, 0.6) is 0 Å². The summed E-state index contributed by atoms with van der Waals surface area (Å²) < 4.78 is 33.0. The predicted octanol–water partition coefficient (Wildman–Crippen LogP) is -6.64. The topological polar surface area (TPSA) is 290 Å². The van der Waals surface area contributed by atoms with E-state index in [9.17, 15) is 56.2 Å². The second-order valence-corrected chi connectivity index (χ2v) is 11.9. The van der Waals surface area contributed by atoms with Crippen LogP contribution in [-0.2, 0) is 28.4 Å². The molecule has 0 saturated carbocycles. The van der Waals surface area contributed by atoms with Crippen molar-refractivity contribution in [2.75, 3.05) is 26.9 Å². The van der Waals surface area contributed by atoms with Gasteiger partial charge in [-0.15, -0.1) is 0 Å². The van der Waals surface area contributed by atoms with Gasteiger partial charge in [-0.3, -0.25) is 0 Å². The van der Waals surface area contributed by atoms with Crippen LogP contribution in [-0.4, -0.2) is 193 Å². The van der Waals surface area contributed by atoms with Gasteiger partial charge in [0.25, 0.3) is 0 Å². The van der Waals surface area contributed by atoms with Gasteiger partial charge in [0.15, 0.2) is 18.9 Å². The van der Waals surface area contributed by atoms with Crippen molar-refractivity contribution in [2.24, 2.45) is 5.92 Å². The molecule has 0 aromatic carbocycles. The molecule has 18 heteroatoms. The summed E-state index contributed by atoms with van der Waals surface area (Å²) in [5.74, 6) is -0.507. The summed E-state index contributed by atoms with van der Waals surface area (Å²) in [4.78, 5) is 0. The molecule has 0 aromatic rings. The number of ether oxygens (including phenoxy) is 6. The van der Waals surface area contributed by atoms with Crippen LogP contribution >= 0.6 is 0 Å². The number of hydrogen-bond acceptors (Lipinski definition) is 18. The molecular weight excluding hydrogens is 610 g/mol. The van der Waals surface area contributed by atoms with Crippen molar-refractivity contribution in [3.8, 4) is 0 Å². The standard InChI is InChI=1S/C27H47NO17/c1-8-10(5-29)4-11(16(33)15(8)32)28-14-9(2)41-26(20(37)17(14)34)44-24-13(7-31)43-27(22(39)19(24)36)45-23-12(6-30)42-25(40-3)21(38)18(23)35/h4,8-9,11-39H,5-7H2,1-3H3/t8?,9?,11-,12?,13+,14+,15-,16?,17?,18?,19+,20+,21+,22?,23?,24?,25?,26?,27?/m0/s1. The van der Waals surface area contributed by atoms with Crippen molar-refractivity contribution in [3.63, 3.8) is 0 Å². The molecule has 3 fully saturated rings. The van der Waals surface area contributed by atoms with E-state index < -0.39 is 129 Å². The van der Waals surface area contributed by atoms with Gasteiger partial charge in [-0.25, -0.2) is 0 Å². The molecule has 4 rings (SSSR count). The van der Waals surface area contributed by atoms with Crippen molar-refractivity contribution in [3.05, 3.63) is 11.6 Å². The highest BCUT2D eigenvalue weighted by molar-refractivity contribution is 5.20. The molecule has 12 unspecified atom stereocenters. The first kappa shape index (κ1) is 36.8. The quantitative estimate of drug-likeness (QED) is 0.0972. The minimum atomic E-state index is -1.88. The van der Waals surface area contributed by atoms with E-state index in [0.717, 1.165) is 0 Å². The van der Waals surface area contributed by atoms with E-state index >= 15 is 0 Å². The van der Waals surface area contributed by atoms with E-state index in [-0.39, 0.29) is 6.61 Å². The first-order chi connectivity index (χ1) is 21.3. The molecule has 0 radical (unpaired) electrons. The highest BCUT2D eigenvalue weighted by Crippen LogP contribution is 2.33. The largest absolute Gasteiger partial charge is 0.394 e. The van der Waals surface area contributed by atoms with Crippen molar-refractivity contribution in [1.82, 2.24) is 5.32 Å². The fourth-order valence-electron chi connectivity index (χ4n) is 6.21. The smallest absolute Gasteiger partial charge is 0.187 e. The van der Waals surface area contributed by atoms with E-state index in [1.54, 1.807) is 6.92 Å². The summed E-state index contributed by atoms with van der Waals surface area (Å²) in [7, 11) is 1.22. The van der Waals surface area contributed by atoms with Gasteiger partial charge >= 0.3 is 0 Å². The summed E-state index contributed by atoms with van der Waals surface area (Å²) in [5.41, 5.74) is 0.473. The lowest BCUT2D eigenvalue weighted by molar-refractivity contribution is -0.375. The van der Waals surface area contributed by atoms with Crippen LogP contribution in [0.15, 0.2) is 11.6 Å². The fourth-order valence-corrected chi connectivity index (χ4v) is 6.21. The van der Waals surface area contributed by atoms with Crippen LogP contribution in [0.4, 0.5) is 0 Å². The minimum absolute atomic E-state index is 0.357. The van der Waals surface area contributed by atoms with E-state index in [1.807, 2.05) is 0 Å². The molecule has 262 valence electrons. The zero-order valence-corrected chi connectivity index (χ0v) is 25.0. The lowest BCUT2D eigenvalue weighted by Crippen LogP contribution is -2.68. The summed E-state index contributed by atoms with van der Waals surface area (Å²) in [6, 6.07) is -1.91. The molecule has 45 heavy (non-hydrogen) atoms. The fraction of sp³-hybridized carbons (Fsp3) is 0.926. The summed E-state index contributed by atoms with van der Waals surface area (Å²) in [6.07, 6.45) is -22.4. The molecule has 0 amide bonds. The Hall–Kier alpha value is -0.980. The van der Waals surface area contributed by atoms with Crippen molar-refractivity contribution >= 4 is 0 Å². The Bertz CT molecular complexity index is 974. The number of hydrogen-bond donors (Lipinski definition) is 12. The predicted molar refractivity (Wildman–Crippen MR) is 146 cm³/mol. The molecule has 0 spiro atoms. The number of aliphatic hydroxyl groups excluding tert-OH is 11. The first-order valence-corrected chi connectivity index (χ1v) is 14.8. The number of rotatable bonds is 10. The highest BCUT2D eigenvalue weighted by atomic mass is 16.8.